The van der Waals surface area contributed by atoms with Crippen molar-refractivity contribution in [2.45, 2.75) is 27.7 Å². The molecule has 0 saturated heterocycles. The highest BCUT2D eigenvalue weighted by atomic mass is 14.9. The number of hydrogen-bond donors (Lipinski definition) is 0. The molecule has 0 fully saturated rings. The van der Waals surface area contributed by atoms with Gasteiger partial charge in [-0.25, -0.2) is 4.57 Å². The summed E-state index contributed by atoms with van der Waals surface area (Å²) in [6, 6.07) is 8.82. The average molecular weight is 226 g/mol. The third kappa shape index (κ3) is 2.10. The van der Waals surface area contributed by atoms with E-state index >= 15 is 0 Å². The molecule has 0 radical (unpaired) electrons. The van der Waals surface area contributed by atoms with Crippen LogP contribution in [0.3, 0.4) is 0 Å². The van der Waals surface area contributed by atoms with Crippen molar-refractivity contribution < 1.29 is 4.57 Å². The SMILES string of the molecule is Cc1ccc(C)c(-c2c(C)c(C)cc[n+]2C)c1. The van der Waals surface area contributed by atoms with Gasteiger partial charge in [0, 0.05) is 17.2 Å². The maximum atomic E-state index is 2.27. The summed E-state index contributed by atoms with van der Waals surface area (Å²) < 4.78 is 2.21. The molecule has 0 spiro atoms. The summed E-state index contributed by atoms with van der Waals surface area (Å²) in [5, 5.41) is 0. The second-order valence-electron chi connectivity index (χ2n) is 4.90. The van der Waals surface area contributed by atoms with Gasteiger partial charge in [-0.15, -0.1) is 0 Å². The number of aromatic nitrogens is 1. The van der Waals surface area contributed by atoms with Crippen molar-refractivity contribution >= 4 is 0 Å². The quantitative estimate of drug-likeness (QED) is 0.656. The number of benzene rings is 1. The molecule has 0 N–H and O–H groups in total. The summed E-state index contributed by atoms with van der Waals surface area (Å²) in [5.74, 6) is 0. The lowest BCUT2D eigenvalue weighted by atomic mass is 9.97. The van der Waals surface area contributed by atoms with E-state index in [-0.39, 0.29) is 0 Å². The van der Waals surface area contributed by atoms with Crippen molar-refractivity contribution in [3.8, 4) is 11.3 Å². The van der Waals surface area contributed by atoms with Crippen molar-refractivity contribution in [2.75, 3.05) is 0 Å². The van der Waals surface area contributed by atoms with Gasteiger partial charge in [0.2, 0.25) is 5.69 Å². The van der Waals surface area contributed by atoms with E-state index in [0.717, 1.165) is 0 Å². The van der Waals surface area contributed by atoms with Gasteiger partial charge in [0.25, 0.3) is 0 Å². The first kappa shape index (κ1) is 11.8. The van der Waals surface area contributed by atoms with Gasteiger partial charge in [-0.1, -0.05) is 17.7 Å². The van der Waals surface area contributed by atoms with E-state index in [9.17, 15) is 0 Å². The summed E-state index contributed by atoms with van der Waals surface area (Å²) >= 11 is 0. The van der Waals surface area contributed by atoms with Crippen molar-refractivity contribution in [3.05, 3.63) is 52.7 Å². The first-order chi connectivity index (χ1) is 8.00. The monoisotopic (exact) mass is 226 g/mol. The Bertz CT molecular complexity index is 568. The Labute approximate surface area is 104 Å². The van der Waals surface area contributed by atoms with Crippen LogP contribution >= 0.6 is 0 Å². The normalized spacial score (nSPS) is 10.6. The molecule has 1 nitrogen and oxygen atoms in total. The van der Waals surface area contributed by atoms with Gasteiger partial charge >= 0.3 is 0 Å². The largest absolute Gasteiger partial charge is 0.215 e. The Kier molecular flexibility index (Phi) is 3.01. The summed E-state index contributed by atoms with van der Waals surface area (Å²) in [6.07, 6.45) is 2.14. The van der Waals surface area contributed by atoms with Crippen LogP contribution in [0.4, 0.5) is 0 Å². The van der Waals surface area contributed by atoms with Crippen LogP contribution in [0.15, 0.2) is 30.5 Å². The Balaban J connectivity index is 2.76. The van der Waals surface area contributed by atoms with E-state index in [4.69, 9.17) is 0 Å². The van der Waals surface area contributed by atoms with Crippen LogP contribution in [-0.4, -0.2) is 0 Å². The van der Waals surface area contributed by atoms with Gasteiger partial charge in [-0.3, -0.25) is 0 Å². The fraction of sp³-hybridized carbons (Fsp3) is 0.312. The minimum absolute atomic E-state index is 1.31. The molecule has 1 heterocycles. The number of nitrogens with zero attached hydrogens (tertiary/aromatic N) is 1. The highest BCUT2D eigenvalue weighted by Gasteiger charge is 2.16. The molecular formula is C16H20N+. The molecule has 0 aliphatic heterocycles. The molecule has 2 rings (SSSR count). The standard InChI is InChI=1S/C16H20N/c1-11-6-7-13(3)15(10-11)16-14(4)12(2)8-9-17(16)5/h6-10H,1-5H3/q+1. The van der Waals surface area contributed by atoms with E-state index in [1.54, 1.807) is 0 Å². The van der Waals surface area contributed by atoms with Crippen LogP contribution in [0.2, 0.25) is 0 Å². The van der Waals surface area contributed by atoms with Gasteiger partial charge in [0.1, 0.15) is 7.05 Å². The first-order valence-electron chi connectivity index (χ1n) is 6.04. The first-order valence-corrected chi connectivity index (χ1v) is 6.04. The number of hydrogen-bond acceptors (Lipinski definition) is 0. The predicted octanol–water partition coefficient (Wildman–Crippen LogP) is 3.41. The minimum Gasteiger partial charge on any atom is -0.201 e. The highest BCUT2D eigenvalue weighted by molar-refractivity contribution is 5.65. The molecule has 0 amide bonds. The molecule has 88 valence electrons. The summed E-state index contributed by atoms with van der Waals surface area (Å²) in [7, 11) is 2.11. The van der Waals surface area contributed by atoms with Gasteiger partial charge in [-0.05, 0) is 44.9 Å². The maximum absolute atomic E-state index is 2.27. The van der Waals surface area contributed by atoms with Crippen LogP contribution in [-0.2, 0) is 7.05 Å². The Morgan fingerprint density at radius 3 is 2.29 bits per heavy atom. The van der Waals surface area contributed by atoms with Gasteiger partial charge in [0.05, 0.1) is 0 Å². The summed E-state index contributed by atoms with van der Waals surface area (Å²) in [6.45, 7) is 8.70. The van der Waals surface area contributed by atoms with E-state index in [2.05, 4.69) is 69.8 Å². The maximum Gasteiger partial charge on any atom is 0.215 e. The third-order valence-corrected chi connectivity index (χ3v) is 3.50. The number of rotatable bonds is 1. The third-order valence-electron chi connectivity index (χ3n) is 3.50. The Morgan fingerprint density at radius 1 is 0.882 bits per heavy atom. The van der Waals surface area contributed by atoms with E-state index < -0.39 is 0 Å². The van der Waals surface area contributed by atoms with Crippen molar-refractivity contribution in [2.24, 2.45) is 7.05 Å². The molecule has 0 saturated carbocycles. The predicted molar refractivity (Wildman–Crippen MR) is 72.0 cm³/mol. The minimum atomic E-state index is 1.31. The van der Waals surface area contributed by atoms with Gasteiger partial charge in [-0.2, -0.15) is 0 Å². The lowest BCUT2D eigenvalue weighted by Gasteiger charge is -2.09. The lowest BCUT2D eigenvalue weighted by molar-refractivity contribution is -0.660. The molecule has 0 aliphatic carbocycles. The van der Waals surface area contributed by atoms with Crippen molar-refractivity contribution in [3.63, 3.8) is 0 Å². The fourth-order valence-corrected chi connectivity index (χ4v) is 2.26. The Morgan fingerprint density at radius 2 is 1.59 bits per heavy atom. The Hall–Kier alpha value is -1.63. The number of pyridine rings is 1. The second kappa shape index (κ2) is 4.33. The van der Waals surface area contributed by atoms with Crippen LogP contribution in [0, 0.1) is 27.7 Å². The van der Waals surface area contributed by atoms with Crippen molar-refractivity contribution in [1.82, 2.24) is 0 Å². The molecule has 2 aromatic rings. The zero-order valence-corrected chi connectivity index (χ0v) is 11.3. The zero-order chi connectivity index (χ0) is 12.6. The molecule has 1 heteroatoms. The van der Waals surface area contributed by atoms with Crippen LogP contribution < -0.4 is 4.57 Å². The van der Waals surface area contributed by atoms with Crippen LogP contribution in [0.1, 0.15) is 22.3 Å². The van der Waals surface area contributed by atoms with E-state index in [1.807, 2.05) is 0 Å². The van der Waals surface area contributed by atoms with E-state index in [1.165, 1.54) is 33.5 Å². The lowest BCUT2D eigenvalue weighted by Crippen LogP contribution is -2.32. The zero-order valence-electron chi connectivity index (χ0n) is 11.3. The summed E-state index contributed by atoms with van der Waals surface area (Å²) in [4.78, 5) is 0. The molecule has 0 bridgehead atoms. The molecule has 17 heavy (non-hydrogen) atoms. The molecule has 1 aromatic carbocycles. The molecule has 0 aliphatic rings. The smallest absolute Gasteiger partial charge is 0.201 e. The molecule has 0 unspecified atom stereocenters. The second-order valence-corrected chi connectivity index (χ2v) is 4.90. The average Bonchev–Trinajstić information content (AvgIpc) is 2.29. The number of aryl methyl sites for hydroxylation is 4. The molecular weight excluding hydrogens is 206 g/mol. The topological polar surface area (TPSA) is 3.88 Å². The van der Waals surface area contributed by atoms with Gasteiger partial charge in [0.15, 0.2) is 6.20 Å². The van der Waals surface area contributed by atoms with Gasteiger partial charge < -0.3 is 0 Å². The molecule has 0 atom stereocenters. The van der Waals surface area contributed by atoms with Crippen LogP contribution in [0.25, 0.3) is 11.3 Å². The van der Waals surface area contributed by atoms with E-state index in [0.29, 0.717) is 0 Å². The summed E-state index contributed by atoms with van der Waals surface area (Å²) in [5.41, 5.74) is 8.02. The molecule has 1 aromatic heterocycles. The van der Waals surface area contributed by atoms with Crippen molar-refractivity contribution in [1.29, 1.82) is 0 Å². The van der Waals surface area contributed by atoms with Crippen LogP contribution in [0.5, 0.6) is 0 Å². The fourth-order valence-electron chi connectivity index (χ4n) is 2.26. The highest BCUT2D eigenvalue weighted by Crippen LogP contribution is 2.25.